The summed E-state index contributed by atoms with van der Waals surface area (Å²) >= 11 is 0. The van der Waals surface area contributed by atoms with Crippen LogP contribution >= 0.6 is 0 Å². The van der Waals surface area contributed by atoms with Crippen LogP contribution in [0, 0.1) is 5.82 Å². The lowest BCUT2D eigenvalue weighted by Gasteiger charge is -2.31. The standard InChI is InChI=1S/C27H26FN5O3/c1-35-21-11-3-17(4-12-21)15-25(34)30-26-31-27-29-23(18-7-13-22(36-2)14-8-18)16-24(33(27)32-26)19-5-9-20(28)10-6-19/h3-14,23-24H,15-16H2,1-2H3,(H2,29,30,31,32,34)/t23-,24+/m0/s1. The van der Waals surface area contributed by atoms with Gasteiger partial charge in [-0.2, -0.15) is 4.98 Å². The Hall–Kier alpha value is -4.40. The Morgan fingerprint density at radius 3 is 2.22 bits per heavy atom. The molecule has 1 amide bonds. The Bertz CT molecular complexity index is 1340. The van der Waals surface area contributed by atoms with Crippen LogP contribution in [0.4, 0.5) is 16.3 Å². The number of anilines is 2. The monoisotopic (exact) mass is 487 g/mol. The summed E-state index contributed by atoms with van der Waals surface area (Å²) in [4.78, 5) is 17.2. The van der Waals surface area contributed by atoms with Crippen molar-refractivity contribution in [3.8, 4) is 11.5 Å². The summed E-state index contributed by atoms with van der Waals surface area (Å²) in [6.07, 6.45) is 0.838. The third-order valence-corrected chi connectivity index (χ3v) is 6.24. The lowest BCUT2D eigenvalue weighted by Crippen LogP contribution is -2.28. The van der Waals surface area contributed by atoms with E-state index in [2.05, 4.69) is 20.7 Å². The fourth-order valence-electron chi connectivity index (χ4n) is 4.35. The fraction of sp³-hybridized carbons (Fsp3) is 0.222. The molecule has 0 bridgehead atoms. The second-order valence-corrected chi connectivity index (χ2v) is 8.55. The van der Waals surface area contributed by atoms with Gasteiger partial charge in [-0.05, 0) is 59.5 Å². The van der Waals surface area contributed by atoms with Gasteiger partial charge in [-0.3, -0.25) is 10.1 Å². The molecule has 1 aliphatic rings. The normalized spacial score (nSPS) is 16.5. The number of carbonyl (C=O) groups excluding carboxylic acids is 1. The molecule has 8 nitrogen and oxygen atoms in total. The number of aromatic nitrogens is 3. The van der Waals surface area contributed by atoms with Crippen LogP contribution < -0.4 is 20.1 Å². The average Bonchev–Trinajstić information content (AvgIpc) is 3.31. The van der Waals surface area contributed by atoms with Gasteiger partial charge in [-0.1, -0.05) is 36.4 Å². The molecule has 5 rings (SSSR count). The maximum Gasteiger partial charge on any atom is 0.250 e. The van der Waals surface area contributed by atoms with Gasteiger partial charge in [0, 0.05) is 0 Å². The topological polar surface area (TPSA) is 90.3 Å². The summed E-state index contributed by atoms with van der Waals surface area (Å²) < 4.78 is 25.8. The molecule has 2 heterocycles. The minimum Gasteiger partial charge on any atom is -0.497 e. The molecule has 0 fully saturated rings. The number of hydrogen-bond acceptors (Lipinski definition) is 6. The van der Waals surface area contributed by atoms with Crippen LogP contribution in [0.2, 0.25) is 0 Å². The van der Waals surface area contributed by atoms with E-state index in [9.17, 15) is 9.18 Å². The highest BCUT2D eigenvalue weighted by Gasteiger charge is 2.31. The van der Waals surface area contributed by atoms with Crippen molar-refractivity contribution in [2.75, 3.05) is 24.9 Å². The first-order valence-corrected chi connectivity index (χ1v) is 11.6. The number of halogens is 1. The number of hydrogen-bond donors (Lipinski definition) is 2. The van der Waals surface area contributed by atoms with Crippen LogP contribution in [0.25, 0.3) is 0 Å². The lowest BCUT2D eigenvalue weighted by molar-refractivity contribution is -0.115. The van der Waals surface area contributed by atoms with Crippen LogP contribution in [-0.4, -0.2) is 34.9 Å². The summed E-state index contributed by atoms with van der Waals surface area (Å²) in [6.45, 7) is 0. The highest BCUT2D eigenvalue weighted by Crippen LogP contribution is 2.38. The van der Waals surface area contributed by atoms with Crippen molar-refractivity contribution in [1.29, 1.82) is 0 Å². The van der Waals surface area contributed by atoms with Crippen LogP contribution in [0.5, 0.6) is 11.5 Å². The number of rotatable bonds is 7. The lowest BCUT2D eigenvalue weighted by atomic mass is 9.93. The van der Waals surface area contributed by atoms with E-state index in [4.69, 9.17) is 9.47 Å². The van der Waals surface area contributed by atoms with E-state index < -0.39 is 0 Å². The zero-order chi connectivity index (χ0) is 25.1. The molecule has 0 unspecified atom stereocenters. The molecule has 0 aliphatic carbocycles. The molecule has 0 saturated heterocycles. The summed E-state index contributed by atoms with van der Waals surface area (Å²) in [5.41, 5.74) is 2.81. The molecule has 0 radical (unpaired) electrons. The molecule has 0 spiro atoms. The van der Waals surface area contributed by atoms with E-state index in [0.717, 1.165) is 28.2 Å². The first-order valence-electron chi connectivity index (χ1n) is 11.6. The number of nitrogens with one attached hydrogen (secondary N) is 2. The number of methoxy groups -OCH3 is 2. The summed E-state index contributed by atoms with van der Waals surface area (Å²) in [7, 11) is 3.23. The molecule has 9 heteroatoms. The van der Waals surface area contributed by atoms with Gasteiger partial charge < -0.3 is 14.8 Å². The second kappa shape index (κ2) is 10.1. The summed E-state index contributed by atoms with van der Waals surface area (Å²) in [5.74, 6) is 1.70. The van der Waals surface area contributed by atoms with Gasteiger partial charge in [0.25, 0.3) is 5.95 Å². The van der Waals surface area contributed by atoms with Crippen molar-refractivity contribution >= 4 is 17.8 Å². The predicted octanol–water partition coefficient (Wildman–Crippen LogP) is 4.76. The molecule has 1 aliphatic heterocycles. The van der Waals surface area contributed by atoms with Crippen molar-refractivity contribution in [3.05, 3.63) is 95.3 Å². The largest absolute Gasteiger partial charge is 0.497 e. The summed E-state index contributed by atoms with van der Waals surface area (Å²) in [5, 5.41) is 10.8. The van der Waals surface area contributed by atoms with Gasteiger partial charge >= 0.3 is 0 Å². The molecule has 184 valence electrons. The first kappa shape index (κ1) is 23.3. The molecule has 2 atom stereocenters. The quantitative estimate of drug-likeness (QED) is 0.391. The zero-order valence-corrected chi connectivity index (χ0v) is 19.9. The summed E-state index contributed by atoms with van der Waals surface area (Å²) in [6, 6.07) is 21.3. The minimum absolute atomic E-state index is 0.0643. The SMILES string of the molecule is COc1ccc(CC(=O)Nc2nc3n(n2)[C@@H](c2ccc(F)cc2)C[C@@H](c2ccc(OC)cc2)N3)cc1. The van der Waals surface area contributed by atoms with Gasteiger partial charge in [0.2, 0.25) is 11.9 Å². The third-order valence-electron chi connectivity index (χ3n) is 6.24. The Kier molecular flexibility index (Phi) is 6.53. The van der Waals surface area contributed by atoms with Crippen molar-refractivity contribution in [1.82, 2.24) is 14.8 Å². The number of fused-ring (bicyclic) bond motifs is 1. The Balaban J connectivity index is 1.39. The van der Waals surface area contributed by atoms with Gasteiger partial charge in [0.05, 0.1) is 32.7 Å². The Morgan fingerprint density at radius 1 is 0.972 bits per heavy atom. The van der Waals surface area contributed by atoms with E-state index >= 15 is 0 Å². The predicted molar refractivity (Wildman–Crippen MR) is 134 cm³/mol. The maximum atomic E-state index is 13.6. The van der Waals surface area contributed by atoms with Crippen molar-refractivity contribution in [3.63, 3.8) is 0 Å². The van der Waals surface area contributed by atoms with Crippen molar-refractivity contribution in [2.24, 2.45) is 0 Å². The number of benzene rings is 3. The highest BCUT2D eigenvalue weighted by molar-refractivity contribution is 5.90. The molecular formula is C27H26FN5O3. The smallest absolute Gasteiger partial charge is 0.250 e. The zero-order valence-electron chi connectivity index (χ0n) is 19.9. The molecule has 3 aromatic carbocycles. The molecule has 1 aromatic heterocycles. The molecule has 36 heavy (non-hydrogen) atoms. The number of amides is 1. The van der Waals surface area contributed by atoms with E-state index in [1.807, 2.05) is 48.5 Å². The molecule has 2 N–H and O–H groups in total. The van der Waals surface area contributed by atoms with E-state index in [1.165, 1.54) is 12.1 Å². The van der Waals surface area contributed by atoms with Crippen LogP contribution in [0.1, 0.15) is 35.2 Å². The van der Waals surface area contributed by atoms with Gasteiger partial charge in [0.1, 0.15) is 17.3 Å². The van der Waals surface area contributed by atoms with Gasteiger partial charge in [-0.25, -0.2) is 9.07 Å². The Morgan fingerprint density at radius 2 is 1.58 bits per heavy atom. The molecule has 0 saturated carbocycles. The average molecular weight is 488 g/mol. The van der Waals surface area contributed by atoms with E-state index in [1.54, 1.807) is 31.0 Å². The number of nitrogens with zero attached hydrogens (tertiary/aromatic N) is 3. The van der Waals surface area contributed by atoms with Crippen molar-refractivity contribution in [2.45, 2.75) is 24.9 Å². The number of carbonyl (C=O) groups is 1. The number of ether oxygens (including phenoxy) is 2. The first-order chi connectivity index (χ1) is 17.5. The van der Waals surface area contributed by atoms with Crippen LogP contribution in [0.3, 0.4) is 0 Å². The highest BCUT2D eigenvalue weighted by atomic mass is 19.1. The van der Waals surface area contributed by atoms with E-state index in [0.29, 0.717) is 12.4 Å². The molecular weight excluding hydrogens is 461 g/mol. The second-order valence-electron chi connectivity index (χ2n) is 8.55. The van der Waals surface area contributed by atoms with E-state index in [-0.39, 0.29) is 36.2 Å². The van der Waals surface area contributed by atoms with Crippen LogP contribution in [-0.2, 0) is 11.2 Å². The van der Waals surface area contributed by atoms with Gasteiger partial charge in [-0.15, -0.1) is 5.10 Å². The Labute approximate surface area is 208 Å². The third kappa shape index (κ3) is 5.00. The fourth-order valence-corrected chi connectivity index (χ4v) is 4.35. The molecule has 4 aromatic rings. The maximum absolute atomic E-state index is 13.6. The van der Waals surface area contributed by atoms with Gasteiger partial charge in [0.15, 0.2) is 0 Å². The minimum atomic E-state index is -0.301. The van der Waals surface area contributed by atoms with Crippen molar-refractivity contribution < 1.29 is 18.7 Å². The van der Waals surface area contributed by atoms with Crippen LogP contribution in [0.15, 0.2) is 72.8 Å².